The van der Waals surface area contributed by atoms with E-state index < -0.39 is 0 Å². The highest BCUT2D eigenvalue weighted by Crippen LogP contribution is 2.19. The Bertz CT molecular complexity index is 748. The summed E-state index contributed by atoms with van der Waals surface area (Å²) in [7, 11) is 1.91. The Morgan fingerprint density at radius 2 is 2.14 bits per heavy atom. The molecule has 108 valence electrons. The Labute approximate surface area is 126 Å². The van der Waals surface area contributed by atoms with Crippen molar-refractivity contribution in [2.75, 3.05) is 0 Å². The number of aryl methyl sites for hydroxylation is 1. The molecule has 0 radical (unpaired) electrons. The molecule has 0 fully saturated rings. The first-order valence-corrected chi connectivity index (χ1v) is 6.89. The van der Waals surface area contributed by atoms with Gasteiger partial charge < -0.3 is 4.57 Å². The van der Waals surface area contributed by atoms with Gasteiger partial charge >= 0.3 is 0 Å². The molecule has 0 spiro atoms. The molecule has 0 amide bonds. The number of tetrazole rings is 1. The van der Waals surface area contributed by atoms with Crippen LogP contribution in [0.3, 0.4) is 0 Å². The van der Waals surface area contributed by atoms with Gasteiger partial charge in [0.1, 0.15) is 12.2 Å². The molecule has 2 heterocycles. The molecule has 0 aliphatic heterocycles. The van der Waals surface area contributed by atoms with Crippen molar-refractivity contribution in [3.63, 3.8) is 0 Å². The SMILES string of the molecule is CC(Cc1nncn1C)n1nnc(-c2cccc(Cl)c2)n1. The molecule has 1 aromatic carbocycles. The summed E-state index contributed by atoms with van der Waals surface area (Å²) in [5.41, 5.74) is 0.847. The van der Waals surface area contributed by atoms with Crippen LogP contribution in [0.2, 0.25) is 5.02 Å². The monoisotopic (exact) mass is 303 g/mol. The summed E-state index contributed by atoms with van der Waals surface area (Å²) < 4.78 is 1.88. The van der Waals surface area contributed by atoms with Gasteiger partial charge in [0.15, 0.2) is 0 Å². The minimum Gasteiger partial charge on any atom is -0.321 e. The van der Waals surface area contributed by atoms with Crippen molar-refractivity contribution in [1.29, 1.82) is 0 Å². The number of rotatable bonds is 4. The van der Waals surface area contributed by atoms with Crippen molar-refractivity contribution in [3.8, 4) is 11.4 Å². The topological polar surface area (TPSA) is 74.3 Å². The maximum Gasteiger partial charge on any atom is 0.204 e. The highest BCUT2D eigenvalue weighted by atomic mass is 35.5. The fraction of sp³-hybridized carbons (Fsp3) is 0.308. The molecule has 2 aromatic heterocycles. The molecule has 7 nitrogen and oxygen atoms in total. The summed E-state index contributed by atoms with van der Waals surface area (Å²) in [5, 5.41) is 21.2. The molecular formula is C13H14ClN7. The summed E-state index contributed by atoms with van der Waals surface area (Å²) in [6, 6.07) is 7.43. The van der Waals surface area contributed by atoms with Crippen LogP contribution in [0.1, 0.15) is 18.8 Å². The van der Waals surface area contributed by atoms with Gasteiger partial charge in [0, 0.05) is 24.1 Å². The Hall–Kier alpha value is -2.28. The predicted octanol–water partition coefficient (Wildman–Crippen LogP) is 1.93. The molecule has 3 aromatic rings. The van der Waals surface area contributed by atoms with Gasteiger partial charge in [0.25, 0.3) is 0 Å². The zero-order valence-corrected chi connectivity index (χ0v) is 12.4. The lowest BCUT2D eigenvalue weighted by Crippen LogP contribution is -2.14. The third kappa shape index (κ3) is 2.92. The molecule has 8 heteroatoms. The van der Waals surface area contributed by atoms with Crippen LogP contribution < -0.4 is 0 Å². The summed E-state index contributed by atoms with van der Waals surface area (Å²) in [6.45, 7) is 2.01. The average molecular weight is 304 g/mol. The van der Waals surface area contributed by atoms with Gasteiger partial charge in [-0.25, -0.2) is 0 Å². The van der Waals surface area contributed by atoms with E-state index in [1.54, 1.807) is 11.1 Å². The van der Waals surface area contributed by atoms with Crippen molar-refractivity contribution in [2.45, 2.75) is 19.4 Å². The molecule has 0 N–H and O–H groups in total. The third-order valence-corrected chi connectivity index (χ3v) is 3.42. The second-order valence-electron chi connectivity index (χ2n) is 4.85. The first-order chi connectivity index (χ1) is 10.1. The van der Waals surface area contributed by atoms with Gasteiger partial charge in [-0.1, -0.05) is 23.7 Å². The van der Waals surface area contributed by atoms with Crippen LogP contribution in [0.25, 0.3) is 11.4 Å². The van der Waals surface area contributed by atoms with Gasteiger partial charge in [0.05, 0.1) is 6.04 Å². The molecule has 21 heavy (non-hydrogen) atoms. The first kappa shape index (κ1) is 13.7. The lowest BCUT2D eigenvalue weighted by molar-refractivity contribution is 0.412. The van der Waals surface area contributed by atoms with Crippen LogP contribution in [0.5, 0.6) is 0 Å². The van der Waals surface area contributed by atoms with E-state index >= 15 is 0 Å². The Morgan fingerprint density at radius 3 is 2.86 bits per heavy atom. The van der Waals surface area contributed by atoms with E-state index in [9.17, 15) is 0 Å². The molecule has 0 bridgehead atoms. The Balaban J connectivity index is 1.80. The molecule has 1 unspecified atom stereocenters. The van der Waals surface area contributed by atoms with Crippen LogP contribution in [-0.4, -0.2) is 35.0 Å². The number of benzene rings is 1. The lowest BCUT2D eigenvalue weighted by atomic mass is 10.2. The van der Waals surface area contributed by atoms with Gasteiger partial charge in [-0.3, -0.25) is 0 Å². The number of hydrogen-bond acceptors (Lipinski definition) is 5. The standard InChI is InChI=1S/C13H14ClN7/c1-9(6-12-16-15-8-20(12)2)21-18-13(17-19-21)10-4-3-5-11(14)7-10/h3-5,7-9H,6H2,1-2H3. The number of nitrogens with zero attached hydrogens (tertiary/aromatic N) is 7. The van der Waals surface area contributed by atoms with Crippen molar-refractivity contribution in [3.05, 3.63) is 41.4 Å². The van der Waals surface area contributed by atoms with E-state index in [0.29, 0.717) is 17.3 Å². The van der Waals surface area contributed by atoms with Gasteiger partial charge in [-0.15, -0.1) is 20.4 Å². The maximum absolute atomic E-state index is 5.98. The van der Waals surface area contributed by atoms with Crippen LogP contribution in [0, 0.1) is 0 Å². The zero-order chi connectivity index (χ0) is 14.8. The van der Waals surface area contributed by atoms with Crippen molar-refractivity contribution < 1.29 is 0 Å². The Kier molecular flexibility index (Phi) is 3.66. The summed E-state index contributed by atoms with van der Waals surface area (Å²) in [4.78, 5) is 1.59. The molecule has 0 saturated carbocycles. The zero-order valence-electron chi connectivity index (χ0n) is 11.7. The van der Waals surface area contributed by atoms with Crippen LogP contribution >= 0.6 is 11.6 Å². The molecule has 3 rings (SSSR count). The van der Waals surface area contributed by atoms with E-state index in [1.165, 1.54) is 0 Å². The van der Waals surface area contributed by atoms with E-state index in [-0.39, 0.29) is 6.04 Å². The van der Waals surface area contributed by atoms with Gasteiger partial charge in [0.2, 0.25) is 5.82 Å². The normalized spacial score (nSPS) is 12.5. The van der Waals surface area contributed by atoms with E-state index in [1.807, 2.05) is 42.8 Å². The van der Waals surface area contributed by atoms with Crippen molar-refractivity contribution in [1.82, 2.24) is 35.0 Å². The van der Waals surface area contributed by atoms with Crippen molar-refractivity contribution >= 4 is 11.6 Å². The third-order valence-electron chi connectivity index (χ3n) is 3.19. The summed E-state index contributed by atoms with van der Waals surface area (Å²) in [5.74, 6) is 1.44. The van der Waals surface area contributed by atoms with Gasteiger partial charge in [-0.2, -0.15) is 4.80 Å². The number of hydrogen-bond donors (Lipinski definition) is 0. The lowest BCUT2D eigenvalue weighted by Gasteiger charge is -2.08. The largest absolute Gasteiger partial charge is 0.321 e. The predicted molar refractivity (Wildman–Crippen MR) is 77.7 cm³/mol. The molecule has 0 saturated heterocycles. The number of aromatic nitrogens is 7. The summed E-state index contributed by atoms with van der Waals surface area (Å²) >= 11 is 5.98. The highest BCUT2D eigenvalue weighted by Gasteiger charge is 2.14. The van der Waals surface area contributed by atoms with E-state index in [0.717, 1.165) is 11.4 Å². The Morgan fingerprint density at radius 1 is 1.29 bits per heavy atom. The van der Waals surface area contributed by atoms with Gasteiger partial charge in [-0.05, 0) is 24.3 Å². The minimum atomic E-state index is 0.0355. The average Bonchev–Trinajstić information content (AvgIpc) is 3.09. The second-order valence-corrected chi connectivity index (χ2v) is 5.29. The van der Waals surface area contributed by atoms with Crippen LogP contribution in [0.4, 0.5) is 0 Å². The second kappa shape index (κ2) is 5.61. The fourth-order valence-electron chi connectivity index (χ4n) is 1.99. The van der Waals surface area contributed by atoms with E-state index in [4.69, 9.17) is 11.6 Å². The minimum absolute atomic E-state index is 0.0355. The van der Waals surface area contributed by atoms with Crippen molar-refractivity contribution in [2.24, 2.45) is 7.05 Å². The smallest absolute Gasteiger partial charge is 0.204 e. The maximum atomic E-state index is 5.98. The fourth-order valence-corrected chi connectivity index (χ4v) is 2.18. The quantitative estimate of drug-likeness (QED) is 0.736. The first-order valence-electron chi connectivity index (χ1n) is 6.52. The van der Waals surface area contributed by atoms with Crippen LogP contribution in [0.15, 0.2) is 30.6 Å². The molecule has 1 atom stereocenters. The van der Waals surface area contributed by atoms with Crippen LogP contribution in [-0.2, 0) is 13.5 Å². The molecule has 0 aliphatic rings. The van der Waals surface area contributed by atoms with E-state index in [2.05, 4.69) is 25.6 Å². The number of halogens is 1. The summed E-state index contributed by atoms with van der Waals surface area (Å²) in [6.07, 6.45) is 2.36. The highest BCUT2D eigenvalue weighted by molar-refractivity contribution is 6.30. The molecular weight excluding hydrogens is 290 g/mol. The molecule has 0 aliphatic carbocycles.